The Labute approximate surface area is 102 Å². The first-order valence-corrected chi connectivity index (χ1v) is 7.10. The van der Waals surface area contributed by atoms with Crippen LogP contribution in [0.2, 0.25) is 0 Å². The van der Waals surface area contributed by atoms with Gasteiger partial charge in [-0.2, -0.15) is 0 Å². The van der Waals surface area contributed by atoms with Crippen LogP contribution in [0.25, 0.3) is 0 Å². The van der Waals surface area contributed by atoms with Crippen LogP contribution >= 0.6 is 11.3 Å². The molecule has 90 valence electrons. The lowest BCUT2D eigenvalue weighted by Crippen LogP contribution is -2.28. The molecule has 0 spiro atoms. The van der Waals surface area contributed by atoms with Crippen molar-refractivity contribution in [3.05, 3.63) is 15.6 Å². The number of aryl methyl sites for hydroxylation is 1. The number of hydrogen-bond donors (Lipinski definition) is 1. The van der Waals surface area contributed by atoms with Crippen LogP contribution in [0.1, 0.15) is 55.6 Å². The molecule has 0 saturated heterocycles. The molecule has 1 unspecified atom stereocenters. The van der Waals surface area contributed by atoms with E-state index in [1.807, 2.05) is 25.2 Å². The molecule has 1 aliphatic rings. The average molecular weight is 238 g/mol. The van der Waals surface area contributed by atoms with Gasteiger partial charge in [0.05, 0.1) is 11.2 Å². The number of nitrogens with zero attached hydrogens (tertiary/aromatic N) is 1. The summed E-state index contributed by atoms with van der Waals surface area (Å²) in [5.41, 5.74) is 7.16. The molecule has 2 N–H and O–H groups in total. The van der Waals surface area contributed by atoms with Crippen LogP contribution in [-0.2, 0) is 18.4 Å². The summed E-state index contributed by atoms with van der Waals surface area (Å²) in [7, 11) is 0. The number of hydrogen-bond acceptors (Lipinski definition) is 3. The maximum Gasteiger partial charge on any atom is 0.112 e. The smallest absolute Gasteiger partial charge is 0.112 e. The van der Waals surface area contributed by atoms with Gasteiger partial charge < -0.3 is 5.73 Å². The largest absolute Gasteiger partial charge is 0.320 e. The highest BCUT2D eigenvalue weighted by atomic mass is 32.1. The Morgan fingerprint density at radius 3 is 2.88 bits per heavy atom. The van der Waals surface area contributed by atoms with Gasteiger partial charge in [0.15, 0.2) is 0 Å². The summed E-state index contributed by atoms with van der Waals surface area (Å²) in [5, 5.41) is 1.11. The number of thiazole rings is 1. The third-order valence-corrected chi connectivity index (χ3v) is 4.75. The quantitative estimate of drug-likeness (QED) is 0.878. The molecule has 0 saturated carbocycles. The molecular formula is C13H22N2S. The van der Waals surface area contributed by atoms with Crippen molar-refractivity contribution in [2.75, 3.05) is 0 Å². The van der Waals surface area contributed by atoms with E-state index in [4.69, 9.17) is 10.7 Å². The normalized spacial score (nSPS) is 20.9. The van der Waals surface area contributed by atoms with E-state index in [-0.39, 0.29) is 5.54 Å². The Morgan fingerprint density at radius 2 is 2.25 bits per heavy atom. The van der Waals surface area contributed by atoms with E-state index in [0.29, 0.717) is 0 Å². The highest BCUT2D eigenvalue weighted by Gasteiger charge is 2.26. The van der Waals surface area contributed by atoms with E-state index in [2.05, 4.69) is 6.92 Å². The molecule has 1 atom stereocenters. The fourth-order valence-electron chi connectivity index (χ4n) is 2.37. The van der Waals surface area contributed by atoms with Crippen LogP contribution in [0.5, 0.6) is 0 Å². The van der Waals surface area contributed by atoms with Gasteiger partial charge in [-0.05, 0) is 39.0 Å². The minimum absolute atomic E-state index is 0.276. The summed E-state index contributed by atoms with van der Waals surface area (Å²) in [5.74, 6) is 0.881. The predicted octanol–water partition coefficient (Wildman–Crippen LogP) is 3.24. The fraction of sp³-hybridized carbons (Fsp3) is 0.769. The molecule has 3 heteroatoms. The van der Waals surface area contributed by atoms with Crippen molar-refractivity contribution in [3.63, 3.8) is 0 Å². The first-order valence-electron chi connectivity index (χ1n) is 6.28. The van der Waals surface area contributed by atoms with Gasteiger partial charge in [0, 0.05) is 4.88 Å². The maximum absolute atomic E-state index is 6.11. The van der Waals surface area contributed by atoms with Crippen LogP contribution in [0.4, 0.5) is 0 Å². The Morgan fingerprint density at radius 1 is 1.50 bits per heavy atom. The third-order valence-electron chi connectivity index (χ3n) is 3.29. The highest BCUT2D eigenvalue weighted by molar-refractivity contribution is 7.11. The molecular weight excluding hydrogens is 216 g/mol. The summed E-state index contributed by atoms with van der Waals surface area (Å²) in [6.07, 6.45) is 6.37. The highest BCUT2D eigenvalue weighted by Crippen LogP contribution is 2.34. The molecule has 0 bridgehead atoms. The lowest BCUT2D eigenvalue weighted by Gasteiger charge is -2.20. The van der Waals surface area contributed by atoms with Crippen molar-refractivity contribution >= 4 is 11.3 Å². The minimum Gasteiger partial charge on any atom is -0.320 e. The fourth-order valence-corrected chi connectivity index (χ4v) is 3.61. The number of rotatable bonds is 3. The van der Waals surface area contributed by atoms with E-state index in [0.717, 1.165) is 17.3 Å². The summed E-state index contributed by atoms with van der Waals surface area (Å²) in [6.45, 7) is 6.36. The zero-order valence-electron chi connectivity index (χ0n) is 10.5. The van der Waals surface area contributed by atoms with Gasteiger partial charge in [0.2, 0.25) is 0 Å². The topological polar surface area (TPSA) is 38.9 Å². The molecule has 1 aromatic heterocycles. The molecule has 2 nitrogen and oxygen atoms in total. The summed E-state index contributed by atoms with van der Waals surface area (Å²) in [4.78, 5) is 6.21. The van der Waals surface area contributed by atoms with Crippen LogP contribution in [0, 0.1) is 5.92 Å². The number of fused-ring (bicyclic) bond motifs is 1. The lowest BCUT2D eigenvalue weighted by atomic mass is 9.88. The third kappa shape index (κ3) is 2.46. The molecule has 0 aliphatic heterocycles. The first-order chi connectivity index (χ1) is 7.50. The van der Waals surface area contributed by atoms with Gasteiger partial charge in [-0.3, -0.25) is 0 Å². The van der Waals surface area contributed by atoms with Gasteiger partial charge >= 0.3 is 0 Å². The van der Waals surface area contributed by atoms with Crippen molar-refractivity contribution in [2.45, 2.75) is 58.4 Å². The second kappa shape index (κ2) is 4.46. The number of aromatic nitrogens is 1. The average Bonchev–Trinajstić information content (AvgIpc) is 2.60. The second-order valence-electron chi connectivity index (χ2n) is 5.51. The molecule has 1 aliphatic carbocycles. The Hall–Kier alpha value is -0.410. The predicted molar refractivity (Wildman–Crippen MR) is 69.8 cm³/mol. The van der Waals surface area contributed by atoms with Gasteiger partial charge in [0.1, 0.15) is 5.01 Å². The van der Waals surface area contributed by atoms with Gasteiger partial charge in [-0.1, -0.05) is 19.8 Å². The number of nitrogens with two attached hydrogens (primary N) is 1. The lowest BCUT2D eigenvalue weighted by molar-refractivity contribution is 0.423. The Bertz CT molecular complexity index is 362. The summed E-state index contributed by atoms with van der Waals surface area (Å²) < 4.78 is 0. The molecule has 16 heavy (non-hydrogen) atoms. The summed E-state index contributed by atoms with van der Waals surface area (Å²) >= 11 is 1.84. The van der Waals surface area contributed by atoms with Gasteiger partial charge in [-0.15, -0.1) is 11.3 Å². The van der Waals surface area contributed by atoms with E-state index in [1.54, 1.807) is 0 Å². The van der Waals surface area contributed by atoms with E-state index < -0.39 is 0 Å². The standard InChI is InChI=1S/C13H22N2S/c1-4-5-9-6-7-10-11(8-9)16-12(15-10)13(2,3)14/h9H,4-8,14H2,1-3H3. The zero-order valence-corrected chi connectivity index (χ0v) is 11.4. The monoisotopic (exact) mass is 238 g/mol. The van der Waals surface area contributed by atoms with Crippen molar-refractivity contribution in [1.82, 2.24) is 4.98 Å². The van der Waals surface area contributed by atoms with Crippen LogP contribution in [-0.4, -0.2) is 4.98 Å². The van der Waals surface area contributed by atoms with Crippen molar-refractivity contribution in [3.8, 4) is 0 Å². The van der Waals surface area contributed by atoms with Crippen LogP contribution in [0.3, 0.4) is 0 Å². The second-order valence-corrected chi connectivity index (χ2v) is 6.59. The Kier molecular flexibility index (Phi) is 3.36. The van der Waals surface area contributed by atoms with Crippen LogP contribution in [0.15, 0.2) is 0 Å². The van der Waals surface area contributed by atoms with Crippen molar-refractivity contribution < 1.29 is 0 Å². The molecule has 0 radical (unpaired) electrons. The maximum atomic E-state index is 6.11. The van der Waals surface area contributed by atoms with E-state index >= 15 is 0 Å². The molecule has 0 aromatic carbocycles. The molecule has 0 amide bonds. The minimum atomic E-state index is -0.276. The van der Waals surface area contributed by atoms with E-state index in [9.17, 15) is 0 Å². The Balaban J connectivity index is 2.17. The SMILES string of the molecule is CCCC1CCc2nc(C(C)(C)N)sc2C1. The van der Waals surface area contributed by atoms with E-state index in [1.165, 1.54) is 36.3 Å². The zero-order chi connectivity index (χ0) is 11.8. The van der Waals surface area contributed by atoms with Gasteiger partial charge in [-0.25, -0.2) is 4.98 Å². The molecule has 2 rings (SSSR count). The molecule has 1 heterocycles. The molecule has 1 aromatic rings. The summed E-state index contributed by atoms with van der Waals surface area (Å²) in [6, 6.07) is 0. The van der Waals surface area contributed by atoms with Crippen LogP contribution < -0.4 is 5.73 Å². The van der Waals surface area contributed by atoms with Crippen molar-refractivity contribution in [2.24, 2.45) is 11.7 Å². The van der Waals surface area contributed by atoms with Gasteiger partial charge in [0.25, 0.3) is 0 Å². The van der Waals surface area contributed by atoms with Crippen molar-refractivity contribution in [1.29, 1.82) is 0 Å². The first kappa shape index (κ1) is 12.1. The molecule has 0 fully saturated rings.